The number of nitrogens with one attached hydrogen (secondary N) is 2. The molecule has 8 heteroatoms. The zero-order valence-electron chi connectivity index (χ0n) is 13.6. The molecule has 0 amide bonds. The van der Waals surface area contributed by atoms with E-state index in [1.54, 1.807) is 44.2 Å². The molecule has 1 aliphatic heterocycles. The van der Waals surface area contributed by atoms with E-state index in [4.69, 9.17) is 4.74 Å². The Labute approximate surface area is 141 Å². The van der Waals surface area contributed by atoms with Gasteiger partial charge in [-0.05, 0) is 57.0 Å². The van der Waals surface area contributed by atoms with E-state index in [2.05, 4.69) is 20.0 Å². The molecule has 0 radical (unpaired) electrons. The summed E-state index contributed by atoms with van der Waals surface area (Å²) in [7, 11) is -3.72. The fraction of sp³-hybridized carbons (Fsp3) is 0.375. The summed E-state index contributed by atoms with van der Waals surface area (Å²) in [6, 6.07) is 8.31. The van der Waals surface area contributed by atoms with E-state index in [1.165, 1.54) is 0 Å². The summed E-state index contributed by atoms with van der Waals surface area (Å²) in [6.45, 7) is 4.33. The lowest BCUT2D eigenvalue weighted by Crippen LogP contribution is -2.18. The lowest BCUT2D eigenvalue weighted by Gasteiger charge is -2.14. The molecule has 0 unspecified atom stereocenters. The normalized spacial score (nSPS) is 17.7. The maximum absolute atomic E-state index is 12.4. The third-order valence-electron chi connectivity index (χ3n) is 3.63. The molecule has 3 rings (SSSR count). The Kier molecular flexibility index (Phi) is 4.68. The molecule has 2 heterocycles. The van der Waals surface area contributed by atoms with Crippen molar-refractivity contribution in [1.82, 2.24) is 9.97 Å². The molecule has 0 bridgehead atoms. The van der Waals surface area contributed by atoms with Crippen LogP contribution in [0.3, 0.4) is 0 Å². The standard InChI is InChI=1S/C16H20N4O3S/c1-11-10-12(2)18-16(17-11)20-24(21,22)14-7-5-13(6-8-14)19-15-4-3-9-23-15/h5-8,10,15,19H,3-4,9H2,1-2H3,(H,17,18,20)/t15-/m1/s1. The molecular weight excluding hydrogens is 328 g/mol. The van der Waals surface area contributed by atoms with E-state index in [-0.39, 0.29) is 17.1 Å². The van der Waals surface area contributed by atoms with E-state index < -0.39 is 10.0 Å². The van der Waals surface area contributed by atoms with Crippen LogP contribution in [0.1, 0.15) is 24.2 Å². The Hall–Kier alpha value is -2.19. The fourth-order valence-electron chi connectivity index (χ4n) is 2.56. The lowest BCUT2D eigenvalue weighted by atomic mass is 10.3. The topological polar surface area (TPSA) is 93.2 Å². The van der Waals surface area contributed by atoms with E-state index in [9.17, 15) is 8.42 Å². The van der Waals surface area contributed by atoms with E-state index in [0.717, 1.165) is 25.1 Å². The average Bonchev–Trinajstić information content (AvgIpc) is 2.99. The van der Waals surface area contributed by atoms with Crippen LogP contribution in [-0.2, 0) is 14.8 Å². The highest BCUT2D eigenvalue weighted by atomic mass is 32.2. The van der Waals surface area contributed by atoms with Gasteiger partial charge in [0.2, 0.25) is 5.95 Å². The Balaban J connectivity index is 1.74. The van der Waals surface area contributed by atoms with Crippen molar-refractivity contribution < 1.29 is 13.2 Å². The van der Waals surface area contributed by atoms with Crippen LogP contribution < -0.4 is 10.0 Å². The molecule has 1 aromatic carbocycles. The van der Waals surface area contributed by atoms with Crippen molar-refractivity contribution >= 4 is 21.7 Å². The molecule has 24 heavy (non-hydrogen) atoms. The fourth-order valence-corrected chi connectivity index (χ4v) is 3.50. The molecule has 7 nitrogen and oxygen atoms in total. The minimum absolute atomic E-state index is 0.00532. The maximum Gasteiger partial charge on any atom is 0.264 e. The Morgan fingerprint density at radius 3 is 2.38 bits per heavy atom. The highest BCUT2D eigenvalue weighted by Gasteiger charge is 2.18. The van der Waals surface area contributed by atoms with Gasteiger partial charge in [-0.2, -0.15) is 0 Å². The third-order valence-corrected chi connectivity index (χ3v) is 4.97. The van der Waals surface area contributed by atoms with Crippen LogP contribution in [0.15, 0.2) is 35.2 Å². The first-order chi connectivity index (χ1) is 11.4. The summed E-state index contributed by atoms with van der Waals surface area (Å²) in [5, 5.41) is 3.22. The first-order valence-electron chi connectivity index (χ1n) is 7.76. The lowest BCUT2D eigenvalue weighted by molar-refractivity contribution is 0.132. The SMILES string of the molecule is Cc1cc(C)nc(NS(=O)(=O)c2ccc(N[C@H]3CCCO3)cc2)n1. The molecular formula is C16H20N4O3S. The molecule has 0 aliphatic carbocycles. The predicted molar refractivity (Wildman–Crippen MR) is 91.4 cm³/mol. The third kappa shape index (κ3) is 4.01. The number of nitrogens with zero attached hydrogens (tertiary/aromatic N) is 2. The van der Waals surface area contributed by atoms with Gasteiger partial charge in [0.25, 0.3) is 10.0 Å². The van der Waals surface area contributed by atoms with Gasteiger partial charge in [0.1, 0.15) is 6.23 Å². The summed E-state index contributed by atoms with van der Waals surface area (Å²) in [4.78, 5) is 8.36. The molecule has 0 spiro atoms. The van der Waals surface area contributed by atoms with Crippen LogP contribution >= 0.6 is 0 Å². The minimum Gasteiger partial charge on any atom is -0.360 e. The van der Waals surface area contributed by atoms with Gasteiger partial charge in [0.05, 0.1) is 4.90 Å². The summed E-state index contributed by atoms with van der Waals surface area (Å²) in [6.07, 6.45) is 1.98. The molecule has 2 N–H and O–H groups in total. The second kappa shape index (κ2) is 6.74. The van der Waals surface area contributed by atoms with Crippen LogP contribution in [0.25, 0.3) is 0 Å². The van der Waals surface area contributed by atoms with Crippen LogP contribution in [0.5, 0.6) is 0 Å². The van der Waals surface area contributed by atoms with Crippen molar-refractivity contribution in [2.45, 2.75) is 37.8 Å². The average molecular weight is 348 g/mol. The van der Waals surface area contributed by atoms with Crippen LogP contribution in [-0.4, -0.2) is 31.2 Å². The number of sulfonamides is 1. The Bertz CT molecular complexity index is 795. The quantitative estimate of drug-likeness (QED) is 0.862. The highest BCUT2D eigenvalue weighted by Crippen LogP contribution is 2.20. The van der Waals surface area contributed by atoms with Gasteiger partial charge in [0.15, 0.2) is 0 Å². The predicted octanol–water partition coefficient (Wildman–Crippen LogP) is 2.44. The van der Waals surface area contributed by atoms with Crippen LogP contribution in [0.2, 0.25) is 0 Å². The second-order valence-electron chi connectivity index (χ2n) is 5.75. The van der Waals surface area contributed by atoms with Gasteiger partial charge in [-0.25, -0.2) is 23.1 Å². The summed E-state index contributed by atoms with van der Waals surface area (Å²) in [5.74, 6) is 0.0778. The number of aryl methyl sites for hydroxylation is 2. The van der Waals surface area contributed by atoms with Crippen LogP contribution in [0.4, 0.5) is 11.6 Å². The van der Waals surface area contributed by atoms with Gasteiger partial charge >= 0.3 is 0 Å². The molecule has 1 atom stereocenters. The first-order valence-corrected chi connectivity index (χ1v) is 9.24. The van der Waals surface area contributed by atoms with E-state index in [1.807, 2.05) is 0 Å². The largest absolute Gasteiger partial charge is 0.360 e. The number of hydrogen-bond donors (Lipinski definition) is 2. The molecule has 1 aromatic heterocycles. The molecule has 1 aliphatic rings. The molecule has 0 saturated carbocycles. The van der Waals surface area contributed by atoms with Gasteiger partial charge in [0, 0.05) is 23.7 Å². The maximum atomic E-state index is 12.4. The number of rotatable bonds is 5. The van der Waals surface area contributed by atoms with E-state index in [0.29, 0.717) is 11.4 Å². The van der Waals surface area contributed by atoms with Crippen molar-refractivity contribution in [3.05, 3.63) is 41.7 Å². The smallest absolute Gasteiger partial charge is 0.264 e. The molecule has 128 valence electrons. The summed E-state index contributed by atoms with van der Waals surface area (Å²) >= 11 is 0. The van der Waals surface area contributed by atoms with Crippen molar-refractivity contribution in [2.24, 2.45) is 0 Å². The summed E-state index contributed by atoms with van der Waals surface area (Å²) < 4.78 is 32.8. The van der Waals surface area contributed by atoms with Crippen molar-refractivity contribution in [1.29, 1.82) is 0 Å². The molecule has 1 fully saturated rings. The summed E-state index contributed by atoms with van der Waals surface area (Å²) in [5.41, 5.74) is 2.23. The first kappa shape index (κ1) is 16.7. The number of benzene rings is 1. The number of hydrogen-bond acceptors (Lipinski definition) is 6. The Morgan fingerprint density at radius 1 is 1.12 bits per heavy atom. The zero-order chi connectivity index (χ0) is 17.2. The van der Waals surface area contributed by atoms with Gasteiger partial charge < -0.3 is 10.1 Å². The zero-order valence-corrected chi connectivity index (χ0v) is 14.4. The van der Waals surface area contributed by atoms with Crippen molar-refractivity contribution in [3.63, 3.8) is 0 Å². The Morgan fingerprint density at radius 2 is 1.79 bits per heavy atom. The van der Waals surface area contributed by atoms with Crippen LogP contribution in [0, 0.1) is 13.8 Å². The van der Waals surface area contributed by atoms with Gasteiger partial charge in [-0.1, -0.05) is 0 Å². The number of aromatic nitrogens is 2. The van der Waals surface area contributed by atoms with E-state index >= 15 is 0 Å². The number of anilines is 2. The van der Waals surface area contributed by atoms with Crippen molar-refractivity contribution in [3.8, 4) is 0 Å². The molecule has 2 aromatic rings. The molecule has 1 saturated heterocycles. The van der Waals surface area contributed by atoms with Gasteiger partial charge in [-0.3, -0.25) is 0 Å². The highest BCUT2D eigenvalue weighted by molar-refractivity contribution is 7.92. The van der Waals surface area contributed by atoms with Crippen molar-refractivity contribution in [2.75, 3.05) is 16.6 Å². The minimum atomic E-state index is -3.72. The van der Waals surface area contributed by atoms with Gasteiger partial charge in [-0.15, -0.1) is 0 Å². The monoisotopic (exact) mass is 348 g/mol. The second-order valence-corrected chi connectivity index (χ2v) is 7.43. The number of ether oxygens (including phenoxy) is 1.